The Morgan fingerprint density at radius 2 is 1.96 bits per heavy atom. The van der Waals surface area contributed by atoms with E-state index < -0.39 is 5.90 Å². The van der Waals surface area contributed by atoms with Gasteiger partial charge in [0.05, 0.1) is 0 Å². The molecule has 2 aliphatic rings. The van der Waals surface area contributed by atoms with Crippen molar-refractivity contribution in [2.24, 2.45) is 11.7 Å². The molecule has 0 saturated carbocycles. The minimum absolute atomic E-state index is 0. The average Bonchev–Trinajstić information content (AvgIpc) is 2.41. The monoisotopic (exact) mass is 385 g/mol. The van der Waals surface area contributed by atoms with E-state index in [-0.39, 0.29) is 50.5 Å². The minimum atomic E-state index is -0.640. The third-order valence-corrected chi connectivity index (χ3v) is 2.67. The topological polar surface area (TPSA) is 248 Å². The molecule has 1 saturated heterocycles. The Bertz CT molecular complexity index is 373. The van der Waals surface area contributed by atoms with Gasteiger partial charge in [-0.1, -0.05) is 18.6 Å². The first-order chi connectivity index (χ1) is 8.61. The molecule has 23 heavy (non-hydrogen) atoms. The van der Waals surface area contributed by atoms with Gasteiger partial charge in [0.2, 0.25) is 5.91 Å². The summed E-state index contributed by atoms with van der Waals surface area (Å²) in [6, 6.07) is 0. The molecule has 1 fully saturated rings. The molecule has 0 aliphatic carbocycles. The number of nitrogens with one attached hydrogen (secondary N) is 2. The molecule has 0 aromatic heterocycles. The molecule has 1 atom stereocenters. The van der Waals surface area contributed by atoms with E-state index in [4.69, 9.17) is 11.1 Å². The summed E-state index contributed by atoms with van der Waals surface area (Å²) in [4.78, 5) is 10.5. The van der Waals surface area contributed by atoms with Crippen LogP contribution in [-0.4, -0.2) is 31.4 Å². The summed E-state index contributed by atoms with van der Waals surface area (Å²) in [5.41, 5.74) is 5.49. The maximum absolute atomic E-state index is 10.5. The first-order valence-electron chi connectivity index (χ1n) is 5.90. The molecule has 1 radical (unpaired) electrons. The Balaban J connectivity index is -0.0000000771. The molecule has 0 bridgehead atoms. The Morgan fingerprint density at radius 1 is 1.35 bits per heavy atom. The van der Waals surface area contributed by atoms with Crippen molar-refractivity contribution in [1.82, 2.24) is 5.32 Å². The third-order valence-electron chi connectivity index (χ3n) is 2.67. The van der Waals surface area contributed by atoms with E-state index in [9.17, 15) is 9.90 Å². The number of carbonyl (C=O) groups excluding carboxylic acids is 1. The Labute approximate surface area is 145 Å². The van der Waals surface area contributed by atoms with Crippen molar-refractivity contribution in [3.63, 3.8) is 0 Å². The largest absolute Gasteiger partial charge is 2.00 e. The van der Waals surface area contributed by atoms with Gasteiger partial charge >= 0.3 is 16.8 Å². The fourth-order valence-corrected chi connectivity index (χ4v) is 1.63. The van der Waals surface area contributed by atoms with Crippen molar-refractivity contribution in [2.45, 2.75) is 12.8 Å². The van der Waals surface area contributed by atoms with Crippen molar-refractivity contribution >= 4 is 11.8 Å². The zero-order valence-corrected chi connectivity index (χ0v) is 13.9. The van der Waals surface area contributed by atoms with Crippen molar-refractivity contribution in [3.05, 3.63) is 29.2 Å². The molecule has 2 heterocycles. The van der Waals surface area contributed by atoms with Crippen LogP contribution in [0.3, 0.4) is 0 Å². The SMILES string of the molecule is N=C([O-])C1=CNCC=C1.NC(=O)C1CCC[N-]C1.[Co+2].[OH3+].[OH3+].[OH3+].[OH3+]. The number of hydrogen-bond donors (Lipinski definition) is 3. The molecule has 139 valence electrons. The Hall–Kier alpha value is -1.47. The first kappa shape index (κ1) is 33.2. The molecule has 11 heteroatoms. The maximum atomic E-state index is 10.5. The molecule has 16 N–H and O–H groups in total. The third kappa shape index (κ3) is 13.9. The van der Waals surface area contributed by atoms with Gasteiger partial charge < -0.3 is 48.8 Å². The van der Waals surface area contributed by atoms with E-state index in [1.807, 2.05) is 6.08 Å². The number of nitrogens with zero attached hydrogens (tertiary/aromatic N) is 1. The normalized spacial score (nSPS) is 17.2. The summed E-state index contributed by atoms with van der Waals surface area (Å²) in [6.07, 6.45) is 6.95. The van der Waals surface area contributed by atoms with Gasteiger partial charge in [-0.15, -0.1) is 13.1 Å². The molecular formula is C12H30CoN4O6+4. The molecule has 2 rings (SSSR count). The van der Waals surface area contributed by atoms with Gasteiger partial charge in [-0.2, -0.15) is 0 Å². The van der Waals surface area contributed by atoms with E-state index in [1.54, 1.807) is 12.3 Å². The molecule has 10 nitrogen and oxygen atoms in total. The molecule has 2 aliphatic heterocycles. The predicted molar refractivity (Wildman–Crippen MR) is 87.4 cm³/mol. The summed E-state index contributed by atoms with van der Waals surface area (Å²) in [5, 5.41) is 23.9. The van der Waals surface area contributed by atoms with Crippen LogP contribution in [0.25, 0.3) is 5.32 Å². The number of primary amides is 1. The Kier molecular flexibility index (Phi) is 26.8. The zero-order valence-electron chi connectivity index (χ0n) is 12.8. The van der Waals surface area contributed by atoms with Crippen LogP contribution in [0.2, 0.25) is 0 Å². The second-order valence-electron chi connectivity index (χ2n) is 4.11. The van der Waals surface area contributed by atoms with Crippen molar-refractivity contribution in [1.29, 1.82) is 5.41 Å². The van der Waals surface area contributed by atoms with Gasteiger partial charge in [-0.3, -0.25) is 4.79 Å². The van der Waals surface area contributed by atoms with Gasteiger partial charge in [-0.05, 0) is 17.9 Å². The minimum Gasteiger partial charge on any atom is -0.859 e. The number of hydrogen-bond acceptors (Lipinski definition) is 4. The number of piperidine rings is 1. The number of carbonyl (C=O) groups is 1. The van der Waals surface area contributed by atoms with E-state index in [0.717, 1.165) is 25.9 Å². The molecule has 0 aromatic carbocycles. The van der Waals surface area contributed by atoms with Crippen LogP contribution in [-0.2, 0) is 43.5 Å². The maximum Gasteiger partial charge on any atom is 2.00 e. The summed E-state index contributed by atoms with van der Waals surface area (Å²) in [5.74, 6) is -0.810. The number of nitrogens with two attached hydrogens (primary N) is 1. The molecule has 0 spiro atoms. The quantitative estimate of drug-likeness (QED) is 0.244. The van der Waals surface area contributed by atoms with Gasteiger partial charge in [0.25, 0.3) is 0 Å². The number of dihydropyridines is 1. The van der Waals surface area contributed by atoms with E-state index >= 15 is 0 Å². The average molecular weight is 385 g/mol. The summed E-state index contributed by atoms with van der Waals surface area (Å²) in [7, 11) is 0. The summed E-state index contributed by atoms with van der Waals surface area (Å²) >= 11 is 0. The van der Waals surface area contributed by atoms with E-state index in [2.05, 4.69) is 10.6 Å². The summed E-state index contributed by atoms with van der Waals surface area (Å²) in [6.45, 7) is 2.30. The predicted octanol–water partition coefficient (Wildman–Crippen LogP) is -4.07. The van der Waals surface area contributed by atoms with Crippen LogP contribution < -0.4 is 16.2 Å². The fraction of sp³-hybridized carbons (Fsp3) is 0.500. The number of amides is 1. The fourth-order valence-electron chi connectivity index (χ4n) is 1.63. The second-order valence-corrected chi connectivity index (χ2v) is 4.11. The van der Waals surface area contributed by atoms with Gasteiger partial charge in [0, 0.05) is 18.7 Å². The smallest absolute Gasteiger partial charge is 0.859 e. The van der Waals surface area contributed by atoms with Crippen LogP contribution in [0.1, 0.15) is 12.8 Å². The van der Waals surface area contributed by atoms with Gasteiger partial charge in [0.1, 0.15) is 0 Å². The Morgan fingerprint density at radius 3 is 2.22 bits per heavy atom. The van der Waals surface area contributed by atoms with E-state index in [0.29, 0.717) is 12.1 Å². The van der Waals surface area contributed by atoms with Crippen LogP contribution in [0, 0.1) is 11.3 Å². The molecule has 1 unspecified atom stereocenters. The van der Waals surface area contributed by atoms with Crippen LogP contribution >= 0.6 is 0 Å². The van der Waals surface area contributed by atoms with Crippen molar-refractivity contribution in [3.8, 4) is 0 Å². The van der Waals surface area contributed by atoms with Crippen molar-refractivity contribution < 1.29 is 48.6 Å². The van der Waals surface area contributed by atoms with Crippen LogP contribution in [0.15, 0.2) is 23.9 Å². The number of rotatable bonds is 2. The molecule has 1 amide bonds. The van der Waals surface area contributed by atoms with Gasteiger partial charge in [0.15, 0.2) is 0 Å². The van der Waals surface area contributed by atoms with Crippen LogP contribution in [0.5, 0.6) is 0 Å². The van der Waals surface area contributed by atoms with Gasteiger partial charge in [-0.25, -0.2) is 0 Å². The summed E-state index contributed by atoms with van der Waals surface area (Å²) < 4.78 is 0. The first-order valence-corrected chi connectivity index (χ1v) is 5.90. The molecule has 0 aromatic rings. The zero-order chi connectivity index (χ0) is 13.4. The molecular weight excluding hydrogens is 355 g/mol. The van der Waals surface area contributed by atoms with Crippen LogP contribution in [0.4, 0.5) is 0 Å². The second kappa shape index (κ2) is 18.6. The van der Waals surface area contributed by atoms with E-state index in [1.165, 1.54) is 0 Å². The van der Waals surface area contributed by atoms with Crippen molar-refractivity contribution in [2.75, 3.05) is 19.6 Å². The standard InChI is InChI=1S/C6H11N2O.C6H8N2O.Co.4H2O/c2*7-6(9)5-2-1-3-8-4-5;;;;;/h5H,1-4H2,(H2,7,9);1-2,4,8H,3H2,(H2,7,9);;4*1H2/q-1;;+2;;;;/p+3.